The number of aromatic nitrogens is 4. The van der Waals surface area contributed by atoms with Crippen LogP contribution in [-0.2, 0) is 6.54 Å². The van der Waals surface area contributed by atoms with Gasteiger partial charge in [0.25, 0.3) is 0 Å². The molecule has 7 heteroatoms. The Labute approximate surface area is 154 Å². The molecule has 0 amide bonds. The number of hydrogen-bond acceptors (Lipinski definition) is 6. The van der Waals surface area contributed by atoms with E-state index in [0.29, 0.717) is 6.54 Å². The Morgan fingerprint density at radius 2 is 2.15 bits per heavy atom. The molecule has 26 heavy (non-hydrogen) atoms. The summed E-state index contributed by atoms with van der Waals surface area (Å²) in [6.07, 6.45) is 10.5. The number of anilines is 2. The maximum Gasteiger partial charge on any atom is 0.134 e. The zero-order chi connectivity index (χ0) is 18.5. The first-order chi connectivity index (χ1) is 12.6. The number of aryl methyl sites for hydroxylation is 1. The molecule has 3 rings (SSSR count). The van der Waals surface area contributed by atoms with Gasteiger partial charge < -0.3 is 16.0 Å². The zero-order valence-corrected chi connectivity index (χ0v) is 15.2. The minimum atomic E-state index is 0. The highest BCUT2D eigenvalue weighted by atomic mass is 15.3. The van der Waals surface area contributed by atoms with Gasteiger partial charge in [-0.1, -0.05) is 0 Å². The van der Waals surface area contributed by atoms with E-state index in [2.05, 4.69) is 25.7 Å². The van der Waals surface area contributed by atoms with E-state index >= 15 is 0 Å². The standard InChI is InChI=1S/C19H23N7.H2/c1-13(2)25-19-16(7-20)6-15(10-23-19)9-22-17-11-21-5-4-18(17)26-12-14(3)8-24-26;/h4-8,10-13,20,22H,9H2,1-3H3,(H,23,25);1H. The molecule has 0 radical (unpaired) electrons. The van der Waals surface area contributed by atoms with Crippen molar-refractivity contribution in [3.05, 3.63) is 59.8 Å². The minimum Gasteiger partial charge on any atom is -0.378 e. The fourth-order valence-electron chi connectivity index (χ4n) is 2.59. The summed E-state index contributed by atoms with van der Waals surface area (Å²) in [5, 5.41) is 18.6. The third kappa shape index (κ3) is 4.05. The van der Waals surface area contributed by atoms with Crippen molar-refractivity contribution >= 4 is 17.7 Å². The Bertz CT molecular complexity index is 905. The molecular formula is C19H25N7. The topological polar surface area (TPSA) is 91.5 Å². The molecule has 0 unspecified atom stereocenters. The molecule has 3 heterocycles. The molecular weight excluding hydrogens is 326 g/mol. The lowest BCUT2D eigenvalue weighted by Crippen LogP contribution is -2.13. The summed E-state index contributed by atoms with van der Waals surface area (Å²) >= 11 is 0. The molecule has 0 aliphatic rings. The lowest BCUT2D eigenvalue weighted by Gasteiger charge is -2.14. The maximum atomic E-state index is 7.62. The van der Waals surface area contributed by atoms with Crippen molar-refractivity contribution in [3.8, 4) is 5.69 Å². The van der Waals surface area contributed by atoms with Crippen molar-refractivity contribution in [1.82, 2.24) is 19.7 Å². The molecule has 7 nitrogen and oxygen atoms in total. The maximum absolute atomic E-state index is 7.62. The minimum absolute atomic E-state index is 0. The molecule has 3 aromatic rings. The van der Waals surface area contributed by atoms with Gasteiger partial charge >= 0.3 is 0 Å². The quantitative estimate of drug-likeness (QED) is 0.565. The van der Waals surface area contributed by atoms with E-state index in [1.807, 2.05) is 56.2 Å². The van der Waals surface area contributed by atoms with Crippen molar-refractivity contribution in [1.29, 1.82) is 5.41 Å². The molecule has 0 aromatic carbocycles. The molecule has 0 saturated carbocycles. The number of nitrogens with one attached hydrogen (secondary N) is 3. The third-order valence-corrected chi connectivity index (χ3v) is 3.79. The molecule has 0 saturated heterocycles. The molecule has 0 bridgehead atoms. The average Bonchev–Trinajstić information content (AvgIpc) is 3.07. The monoisotopic (exact) mass is 351 g/mol. The number of hydrogen-bond donors (Lipinski definition) is 3. The van der Waals surface area contributed by atoms with Gasteiger partial charge in [-0.05, 0) is 44.0 Å². The zero-order valence-electron chi connectivity index (χ0n) is 15.2. The van der Waals surface area contributed by atoms with Gasteiger partial charge in [0.2, 0.25) is 0 Å². The predicted molar refractivity (Wildman–Crippen MR) is 106 cm³/mol. The van der Waals surface area contributed by atoms with Crippen LogP contribution in [0.4, 0.5) is 11.5 Å². The Balaban J connectivity index is 0.00000261. The number of pyridine rings is 2. The first-order valence-corrected chi connectivity index (χ1v) is 8.52. The van der Waals surface area contributed by atoms with Gasteiger partial charge in [0.15, 0.2) is 0 Å². The predicted octanol–water partition coefficient (Wildman–Crippen LogP) is 3.65. The van der Waals surface area contributed by atoms with Crippen LogP contribution in [0.2, 0.25) is 0 Å². The van der Waals surface area contributed by atoms with Crippen molar-refractivity contribution in [2.75, 3.05) is 10.6 Å². The Kier molecular flexibility index (Phi) is 5.26. The molecule has 3 N–H and O–H groups in total. The van der Waals surface area contributed by atoms with E-state index in [1.165, 1.54) is 6.21 Å². The van der Waals surface area contributed by atoms with Crippen molar-refractivity contribution in [3.63, 3.8) is 0 Å². The van der Waals surface area contributed by atoms with E-state index in [-0.39, 0.29) is 7.47 Å². The van der Waals surface area contributed by atoms with Crippen molar-refractivity contribution in [2.45, 2.75) is 33.4 Å². The lowest BCUT2D eigenvalue weighted by atomic mass is 10.2. The van der Waals surface area contributed by atoms with E-state index in [9.17, 15) is 0 Å². The molecule has 0 spiro atoms. The molecule has 0 aliphatic carbocycles. The van der Waals surface area contributed by atoms with Crippen LogP contribution in [-0.4, -0.2) is 32.0 Å². The fourth-order valence-corrected chi connectivity index (χ4v) is 2.59. The summed E-state index contributed by atoms with van der Waals surface area (Å²) in [5.74, 6) is 0.729. The second kappa shape index (κ2) is 7.77. The van der Waals surface area contributed by atoms with Gasteiger partial charge in [0.1, 0.15) is 5.82 Å². The van der Waals surface area contributed by atoms with E-state index < -0.39 is 0 Å². The summed E-state index contributed by atoms with van der Waals surface area (Å²) in [5.41, 5.74) is 4.68. The van der Waals surface area contributed by atoms with Gasteiger partial charge in [-0.3, -0.25) is 4.98 Å². The highest BCUT2D eigenvalue weighted by Gasteiger charge is 2.08. The summed E-state index contributed by atoms with van der Waals surface area (Å²) in [6.45, 7) is 6.68. The van der Waals surface area contributed by atoms with Crippen LogP contribution in [0.3, 0.4) is 0 Å². The fraction of sp³-hybridized carbons (Fsp3) is 0.263. The van der Waals surface area contributed by atoms with E-state index in [0.717, 1.165) is 33.9 Å². The molecule has 136 valence electrons. The molecule has 0 atom stereocenters. The normalized spacial score (nSPS) is 10.8. The van der Waals surface area contributed by atoms with Gasteiger partial charge in [0.05, 0.1) is 23.8 Å². The van der Waals surface area contributed by atoms with Crippen LogP contribution in [0.15, 0.2) is 43.1 Å². The van der Waals surface area contributed by atoms with Crippen LogP contribution in [0.1, 0.15) is 32.0 Å². The van der Waals surface area contributed by atoms with Gasteiger partial charge in [-0.2, -0.15) is 5.10 Å². The second-order valence-electron chi connectivity index (χ2n) is 6.43. The van der Waals surface area contributed by atoms with Crippen molar-refractivity contribution in [2.24, 2.45) is 0 Å². The first kappa shape index (κ1) is 17.6. The SMILES string of the molecule is Cc1cnn(-c2ccncc2NCc2cnc(NC(C)C)c(C=N)c2)c1.[HH]. The Morgan fingerprint density at radius 1 is 1.31 bits per heavy atom. The number of rotatable bonds is 7. The summed E-state index contributed by atoms with van der Waals surface area (Å²) in [4.78, 5) is 8.66. The molecule has 3 aromatic heterocycles. The summed E-state index contributed by atoms with van der Waals surface area (Å²) in [7, 11) is 0. The number of nitrogens with zero attached hydrogens (tertiary/aromatic N) is 4. The first-order valence-electron chi connectivity index (χ1n) is 8.52. The van der Waals surface area contributed by atoms with Crippen LogP contribution in [0.5, 0.6) is 0 Å². The van der Waals surface area contributed by atoms with Crippen LogP contribution in [0, 0.1) is 12.3 Å². The average molecular weight is 351 g/mol. The molecule has 0 aliphatic heterocycles. The molecule has 0 fully saturated rings. The second-order valence-corrected chi connectivity index (χ2v) is 6.43. The van der Waals surface area contributed by atoms with E-state index in [1.54, 1.807) is 12.4 Å². The Morgan fingerprint density at radius 3 is 2.85 bits per heavy atom. The van der Waals surface area contributed by atoms with Gasteiger partial charge in [-0.25, -0.2) is 9.67 Å². The van der Waals surface area contributed by atoms with Crippen molar-refractivity contribution < 1.29 is 1.43 Å². The highest BCUT2D eigenvalue weighted by Crippen LogP contribution is 2.20. The highest BCUT2D eigenvalue weighted by molar-refractivity contribution is 5.84. The van der Waals surface area contributed by atoms with Crippen LogP contribution in [0.25, 0.3) is 5.69 Å². The van der Waals surface area contributed by atoms with Gasteiger partial charge in [-0.15, -0.1) is 0 Å². The Hall–Kier alpha value is -3.22. The largest absolute Gasteiger partial charge is 0.378 e. The smallest absolute Gasteiger partial charge is 0.134 e. The summed E-state index contributed by atoms with van der Waals surface area (Å²) in [6, 6.07) is 4.15. The van der Waals surface area contributed by atoms with E-state index in [4.69, 9.17) is 5.41 Å². The third-order valence-electron chi connectivity index (χ3n) is 3.79. The van der Waals surface area contributed by atoms with Crippen LogP contribution >= 0.6 is 0 Å². The van der Waals surface area contributed by atoms with Crippen LogP contribution < -0.4 is 10.6 Å². The summed E-state index contributed by atoms with van der Waals surface area (Å²) < 4.78 is 1.83. The van der Waals surface area contributed by atoms with Gasteiger partial charge in [0, 0.05) is 44.4 Å². The lowest BCUT2D eigenvalue weighted by molar-refractivity contribution is 0.875.